The van der Waals surface area contributed by atoms with Crippen LogP contribution in [0.15, 0.2) is 6.20 Å². The van der Waals surface area contributed by atoms with Gasteiger partial charge in [-0.25, -0.2) is 0 Å². The molecule has 0 radical (unpaired) electrons. The van der Waals surface area contributed by atoms with E-state index in [2.05, 4.69) is 47.5 Å². The number of likely N-dealkylation sites (tertiary alicyclic amines) is 1. The monoisotopic (exact) mass is 279 g/mol. The summed E-state index contributed by atoms with van der Waals surface area (Å²) in [4.78, 5) is 2.58. The average molecular weight is 279 g/mol. The molecule has 2 rings (SSSR count). The first-order valence-corrected chi connectivity index (χ1v) is 8.02. The second kappa shape index (κ2) is 7.74. The van der Waals surface area contributed by atoms with E-state index < -0.39 is 0 Å². The van der Waals surface area contributed by atoms with Gasteiger partial charge in [0.25, 0.3) is 0 Å². The number of aromatic nitrogens is 3. The number of nitrogens with zero attached hydrogens (tertiary/aromatic N) is 4. The fourth-order valence-corrected chi connectivity index (χ4v) is 2.94. The molecule has 20 heavy (non-hydrogen) atoms. The van der Waals surface area contributed by atoms with Gasteiger partial charge in [0.2, 0.25) is 0 Å². The number of nitrogens with one attached hydrogen (secondary N) is 1. The van der Waals surface area contributed by atoms with E-state index in [1.54, 1.807) is 0 Å². The zero-order chi connectivity index (χ0) is 14.4. The van der Waals surface area contributed by atoms with Crippen LogP contribution in [0.4, 0.5) is 0 Å². The maximum absolute atomic E-state index is 4.22. The molecule has 2 atom stereocenters. The van der Waals surface area contributed by atoms with Crippen LogP contribution in [0.3, 0.4) is 0 Å². The largest absolute Gasteiger partial charge is 0.311 e. The van der Waals surface area contributed by atoms with Crippen molar-refractivity contribution >= 4 is 0 Å². The molecule has 5 nitrogen and oxygen atoms in total. The molecule has 1 aliphatic rings. The molecule has 2 heterocycles. The summed E-state index contributed by atoms with van der Waals surface area (Å²) in [5.41, 5.74) is 1.04. The van der Waals surface area contributed by atoms with Crippen molar-refractivity contribution in [2.24, 2.45) is 5.92 Å². The number of hydrogen-bond acceptors (Lipinski definition) is 4. The Hall–Kier alpha value is -0.940. The smallest absolute Gasteiger partial charge is 0.0964 e. The van der Waals surface area contributed by atoms with Crippen LogP contribution < -0.4 is 5.32 Å². The first-order valence-electron chi connectivity index (χ1n) is 8.02. The minimum Gasteiger partial charge on any atom is -0.311 e. The lowest BCUT2D eigenvalue weighted by Crippen LogP contribution is -2.41. The van der Waals surface area contributed by atoms with E-state index in [9.17, 15) is 0 Å². The van der Waals surface area contributed by atoms with E-state index >= 15 is 0 Å². The van der Waals surface area contributed by atoms with Gasteiger partial charge >= 0.3 is 0 Å². The normalized spacial score (nSPS) is 24.1. The summed E-state index contributed by atoms with van der Waals surface area (Å²) in [5.74, 6) is 0.879. The first kappa shape index (κ1) is 15.4. The van der Waals surface area contributed by atoms with Crippen molar-refractivity contribution in [3.63, 3.8) is 0 Å². The van der Waals surface area contributed by atoms with E-state index in [4.69, 9.17) is 0 Å². The second-order valence-corrected chi connectivity index (χ2v) is 6.16. The SMILES string of the molecule is CCCNCc1cn(CCN2CCC(C)CC2C)nn1. The van der Waals surface area contributed by atoms with Crippen LogP contribution >= 0.6 is 0 Å². The Morgan fingerprint density at radius 2 is 2.20 bits per heavy atom. The maximum atomic E-state index is 4.22. The highest BCUT2D eigenvalue weighted by Gasteiger charge is 2.22. The number of piperidine rings is 1. The summed E-state index contributed by atoms with van der Waals surface area (Å²) in [7, 11) is 0. The second-order valence-electron chi connectivity index (χ2n) is 6.16. The highest BCUT2D eigenvalue weighted by Crippen LogP contribution is 2.21. The van der Waals surface area contributed by atoms with Crippen molar-refractivity contribution in [1.82, 2.24) is 25.2 Å². The lowest BCUT2D eigenvalue weighted by Gasteiger charge is -2.36. The van der Waals surface area contributed by atoms with Crippen LogP contribution in [0, 0.1) is 5.92 Å². The van der Waals surface area contributed by atoms with Crippen molar-refractivity contribution in [2.75, 3.05) is 19.6 Å². The summed E-state index contributed by atoms with van der Waals surface area (Å²) in [6.45, 7) is 12.0. The van der Waals surface area contributed by atoms with Gasteiger partial charge in [-0.3, -0.25) is 9.58 Å². The molecule has 1 N–H and O–H groups in total. The molecule has 0 spiro atoms. The maximum Gasteiger partial charge on any atom is 0.0964 e. The Labute approximate surface area is 122 Å². The summed E-state index contributed by atoms with van der Waals surface area (Å²) in [5, 5.41) is 11.8. The van der Waals surface area contributed by atoms with Crippen molar-refractivity contribution in [3.8, 4) is 0 Å². The lowest BCUT2D eigenvalue weighted by atomic mass is 9.93. The van der Waals surface area contributed by atoms with Gasteiger partial charge in [-0.1, -0.05) is 19.1 Å². The molecule has 1 aliphatic heterocycles. The molecule has 1 fully saturated rings. The van der Waals surface area contributed by atoms with Gasteiger partial charge in [0.1, 0.15) is 0 Å². The third-order valence-corrected chi connectivity index (χ3v) is 4.21. The number of hydrogen-bond donors (Lipinski definition) is 1. The van der Waals surface area contributed by atoms with Crippen LogP contribution in [-0.4, -0.2) is 45.6 Å². The molecule has 5 heteroatoms. The fraction of sp³-hybridized carbons (Fsp3) is 0.867. The lowest BCUT2D eigenvalue weighted by molar-refractivity contribution is 0.123. The Balaban J connectivity index is 1.73. The van der Waals surface area contributed by atoms with Crippen molar-refractivity contribution in [3.05, 3.63) is 11.9 Å². The van der Waals surface area contributed by atoms with E-state index in [-0.39, 0.29) is 0 Å². The Bertz CT molecular complexity index is 389. The summed E-state index contributed by atoms with van der Waals surface area (Å²) >= 11 is 0. The van der Waals surface area contributed by atoms with Gasteiger partial charge in [0, 0.05) is 25.3 Å². The molecule has 2 unspecified atom stereocenters. The van der Waals surface area contributed by atoms with Gasteiger partial charge < -0.3 is 5.32 Å². The fourth-order valence-electron chi connectivity index (χ4n) is 2.94. The Morgan fingerprint density at radius 1 is 1.35 bits per heavy atom. The highest BCUT2D eigenvalue weighted by atomic mass is 15.4. The van der Waals surface area contributed by atoms with E-state index in [0.29, 0.717) is 6.04 Å². The van der Waals surface area contributed by atoms with Crippen LogP contribution in [0.25, 0.3) is 0 Å². The van der Waals surface area contributed by atoms with Crippen LogP contribution in [0.2, 0.25) is 0 Å². The average Bonchev–Trinajstić information content (AvgIpc) is 2.86. The molecule has 0 aromatic carbocycles. The topological polar surface area (TPSA) is 46.0 Å². The van der Waals surface area contributed by atoms with Crippen molar-refractivity contribution in [1.29, 1.82) is 0 Å². The molecule has 1 saturated heterocycles. The summed E-state index contributed by atoms with van der Waals surface area (Å²) < 4.78 is 1.98. The van der Waals surface area contributed by atoms with Crippen LogP contribution in [0.1, 0.15) is 45.7 Å². The highest BCUT2D eigenvalue weighted by molar-refractivity contribution is 4.91. The van der Waals surface area contributed by atoms with E-state index in [1.807, 2.05) is 4.68 Å². The molecule has 1 aromatic rings. The van der Waals surface area contributed by atoms with Crippen LogP contribution in [0.5, 0.6) is 0 Å². The quantitative estimate of drug-likeness (QED) is 0.774. The third-order valence-electron chi connectivity index (χ3n) is 4.21. The third kappa shape index (κ3) is 4.56. The predicted molar refractivity (Wildman–Crippen MR) is 81.5 cm³/mol. The van der Waals surface area contributed by atoms with E-state index in [1.165, 1.54) is 19.4 Å². The Kier molecular flexibility index (Phi) is 5.98. The molecule has 0 amide bonds. The molecular formula is C15H29N5. The van der Waals surface area contributed by atoms with Crippen LogP contribution in [-0.2, 0) is 13.1 Å². The number of rotatable bonds is 7. The first-order chi connectivity index (χ1) is 9.69. The van der Waals surface area contributed by atoms with Crippen molar-refractivity contribution in [2.45, 2.75) is 59.2 Å². The van der Waals surface area contributed by atoms with Crippen molar-refractivity contribution < 1.29 is 0 Å². The molecule has 114 valence electrons. The Morgan fingerprint density at radius 3 is 2.95 bits per heavy atom. The molecule has 1 aromatic heterocycles. The molecule has 0 aliphatic carbocycles. The van der Waals surface area contributed by atoms with Gasteiger partial charge in [-0.2, -0.15) is 0 Å². The van der Waals surface area contributed by atoms with Gasteiger partial charge in [-0.05, 0) is 45.2 Å². The van der Waals surface area contributed by atoms with Gasteiger partial charge in [0.15, 0.2) is 0 Å². The molecule has 0 bridgehead atoms. The zero-order valence-corrected chi connectivity index (χ0v) is 13.2. The minimum absolute atomic E-state index is 0.702. The summed E-state index contributed by atoms with van der Waals surface area (Å²) in [6, 6.07) is 0.702. The minimum atomic E-state index is 0.702. The van der Waals surface area contributed by atoms with E-state index in [0.717, 1.165) is 44.2 Å². The summed E-state index contributed by atoms with van der Waals surface area (Å²) in [6.07, 6.45) is 5.87. The molecular weight excluding hydrogens is 250 g/mol. The standard InChI is InChI=1S/C15H29N5/c1-4-6-16-11-15-12-20(18-17-15)9-8-19-7-5-13(2)10-14(19)3/h12-14,16H,4-11H2,1-3H3. The van der Waals surface area contributed by atoms with Gasteiger partial charge in [0.05, 0.1) is 12.2 Å². The predicted octanol–water partition coefficient (Wildman–Crippen LogP) is 1.90. The zero-order valence-electron chi connectivity index (χ0n) is 13.2. The molecule has 0 saturated carbocycles. The van der Waals surface area contributed by atoms with Gasteiger partial charge in [-0.15, -0.1) is 5.10 Å².